The molecule has 0 spiro atoms. The molecule has 0 radical (unpaired) electrons. The Morgan fingerprint density at radius 2 is 1.96 bits per heavy atom. The summed E-state index contributed by atoms with van der Waals surface area (Å²) in [5.74, 6) is 2.17. The predicted molar refractivity (Wildman–Crippen MR) is 84.7 cm³/mol. The normalized spacial score (nSPS) is 11.9. The highest BCUT2D eigenvalue weighted by molar-refractivity contribution is 6.04. The molecular formula is C17H17NO5. The van der Waals surface area contributed by atoms with Gasteiger partial charge in [0.25, 0.3) is 5.91 Å². The van der Waals surface area contributed by atoms with Crippen LogP contribution in [0.5, 0.6) is 23.0 Å². The van der Waals surface area contributed by atoms with Crippen molar-refractivity contribution >= 4 is 11.6 Å². The minimum Gasteiger partial charge on any atom is -0.493 e. The molecule has 6 heteroatoms. The van der Waals surface area contributed by atoms with Crippen LogP contribution in [-0.2, 0) is 0 Å². The Morgan fingerprint density at radius 3 is 2.74 bits per heavy atom. The number of carbonyl (C=O) groups excluding carboxylic acids is 1. The molecule has 23 heavy (non-hydrogen) atoms. The Bertz CT molecular complexity index is 729. The SMILES string of the molecule is CCOc1ccc(NC(=O)c2ccc3c(c2)OCO3)cc1OC. The van der Waals surface area contributed by atoms with Crippen LogP contribution in [0.2, 0.25) is 0 Å². The minimum absolute atomic E-state index is 0.177. The van der Waals surface area contributed by atoms with Crippen LogP contribution < -0.4 is 24.3 Å². The van der Waals surface area contributed by atoms with Crippen LogP contribution in [0.4, 0.5) is 5.69 Å². The third-order valence-corrected chi connectivity index (χ3v) is 3.36. The van der Waals surface area contributed by atoms with Gasteiger partial charge in [0.15, 0.2) is 23.0 Å². The molecule has 0 saturated carbocycles. The number of amides is 1. The monoisotopic (exact) mass is 315 g/mol. The summed E-state index contributed by atoms with van der Waals surface area (Å²) < 4.78 is 21.2. The van der Waals surface area contributed by atoms with Crippen molar-refractivity contribution in [3.05, 3.63) is 42.0 Å². The summed E-state index contributed by atoms with van der Waals surface area (Å²) in [7, 11) is 1.56. The van der Waals surface area contributed by atoms with Gasteiger partial charge in [-0.2, -0.15) is 0 Å². The summed E-state index contributed by atoms with van der Waals surface area (Å²) in [5.41, 5.74) is 1.11. The molecule has 6 nitrogen and oxygen atoms in total. The van der Waals surface area contributed by atoms with Crippen LogP contribution in [0, 0.1) is 0 Å². The van der Waals surface area contributed by atoms with Gasteiger partial charge in [-0.3, -0.25) is 4.79 Å². The summed E-state index contributed by atoms with van der Waals surface area (Å²) in [6.45, 7) is 2.62. The molecule has 0 unspecified atom stereocenters. The van der Waals surface area contributed by atoms with Crippen LogP contribution in [-0.4, -0.2) is 26.4 Å². The highest BCUT2D eigenvalue weighted by atomic mass is 16.7. The van der Waals surface area contributed by atoms with Crippen molar-refractivity contribution in [3.63, 3.8) is 0 Å². The van der Waals surface area contributed by atoms with Crippen LogP contribution >= 0.6 is 0 Å². The van der Waals surface area contributed by atoms with Gasteiger partial charge >= 0.3 is 0 Å². The number of hydrogen-bond acceptors (Lipinski definition) is 5. The third-order valence-electron chi connectivity index (χ3n) is 3.36. The molecule has 1 amide bonds. The zero-order valence-corrected chi connectivity index (χ0v) is 12.9. The van der Waals surface area contributed by atoms with Crippen molar-refractivity contribution in [1.29, 1.82) is 0 Å². The first kappa shape index (κ1) is 15.0. The third kappa shape index (κ3) is 3.15. The molecule has 2 aromatic rings. The molecule has 3 rings (SSSR count). The first-order valence-electron chi connectivity index (χ1n) is 7.23. The second-order valence-electron chi connectivity index (χ2n) is 4.82. The number of carbonyl (C=O) groups is 1. The quantitative estimate of drug-likeness (QED) is 0.918. The average Bonchev–Trinajstić information content (AvgIpc) is 3.04. The fourth-order valence-corrected chi connectivity index (χ4v) is 2.26. The number of hydrogen-bond donors (Lipinski definition) is 1. The number of benzene rings is 2. The van der Waals surface area contributed by atoms with Gasteiger partial charge in [0.1, 0.15) is 0 Å². The topological polar surface area (TPSA) is 66.0 Å². The van der Waals surface area contributed by atoms with E-state index in [0.29, 0.717) is 40.9 Å². The Kier molecular flexibility index (Phi) is 4.23. The summed E-state index contributed by atoms with van der Waals surface area (Å²) in [6.07, 6.45) is 0. The van der Waals surface area contributed by atoms with E-state index in [1.165, 1.54) is 0 Å². The lowest BCUT2D eigenvalue weighted by molar-refractivity contribution is 0.102. The molecule has 1 N–H and O–H groups in total. The van der Waals surface area contributed by atoms with Crippen molar-refractivity contribution < 1.29 is 23.7 Å². The number of fused-ring (bicyclic) bond motifs is 1. The average molecular weight is 315 g/mol. The number of rotatable bonds is 5. The van der Waals surface area contributed by atoms with E-state index in [1.807, 2.05) is 6.92 Å². The highest BCUT2D eigenvalue weighted by Gasteiger charge is 2.16. The maximum atomic E-state index is 12.3. The molecule has 0 fully saturated rings. The van der Waals surface area contributed by atoms with Gasteiger partial charge in [0, 0.05) is 17.3 Å². The van der Waals surface area contributed by atoms with Gasteiger partial charge in [-0.25, -0.2) is 0 Å². The molecule has 1 heterocycles. The fourth-order valence-electron chi connectivity index (χ4n) is 2.26. The van der Waals surface area contributed by atoms with Crippen LogP contribution in [0.1, 0.15) is 17.3 Å². The van der Waals surface area contributed by atoms with Gasteiger partial charge in [0.2, 0.25) is 6.79 Å². The highest BCUT2D eigenvalue weighted by Crippen LogP contribution is 2.33. The van der Waals surface area contributed by atoms with Gasteiger partial charge in [0.05, 0.1) is 13.7 Å². The Balaban J connectivity index is 1.77. The summed E-state index contributed by atoms with van der Waals surface area (Å²) in [6, 6.07) is 10.3. The Morgan fingerprint density at radius 1 is 1.13 bits per heavy atom. The molecule has 1 aliphatic heterocycles. The first-order chi connectivity index (χ1) is 11.2. The van der Waals surface area contributed by atoms with E-state index in [4.69, 9.17) is 18.9 Å². The molecule has 1 aliphatic rings. The first-order valence-corrected chi connectivity index (χ1v) is 7.23. The van der Waals surface area contributed by atoms with Crippen molar-refractivity contribution in [2.45, 2.75) is 6.92 Å². The van der Waals surface area contributed by atoms with Crippen LogP contribution in [0.3, 0.4) is 0 Å². The van der Waals surface area contributed by atoms with E-state index in [2.05, 4.69) is 5.32 Å². The van der Waals surface area contributed by atoms with E-state index in [9.17, 15) is 4.79 Å². The predicted octanol–water partition coefficient (Wildman–Crippen LogP) is 3.07. The molecule has 0 saturated heterocycles. The second kappa shape index (κ2) is 6.48. The molecule has 0 bridgehead atoms. The maximum Gasteiger partial charge on any atom is 0.255 e. The molecule has 2 aromatic carbocycles. The summed E-state index contributed by atoms with van der Waals surface area (Å²) in [5, 5.41) is 2.82. The fraction of sp³-hybridized carbons (Fsp3) is 0.235. The lowest BCUT2D eigenvalue weighted by Gasteiger charge is -2.12. The van der Waals surface area contributed by atoms with Crippen molar-refractivity contribution in [2.24, 2.45) is 0 Å². The van der Waals surface area contributed by atoms with Crippen LogP contribution in [0.25, 0.3) is 0 Å². The lowest BCUT2D eigenvalue weighted by Crippen LogP contribution is -2.12. The summed E-state index contributed by atoms with van der Waals surface area (Å²) >= 11 is 0. The van der Waals surface area contributed by atoms with E-state index in [-0.39, 0.29) is 12.7 Å². The molecule has 0 aromatic heterocycles. The van der Waals surface area contributed by atoms with E-state index < -0.39 is 0 Å². The zero-order chi connectivity index (χ0) is 16.2. The van der Waals surface area contributed by atoms with E-state index >= 15 is 0 Å². The molecule has 0 aliphatic carbocycles. The van der Waals surface area contributed by atoms with E-state index in [1.54, 1.807) is 43.5 Å². The van der Waals surface area contributed by atoms with Gasteiger partial charge < -0.3 is 24.3 Å². The Hall–Kier alpha value is -2.89. The van der Waals surface area contributed by atoms with Crippen molar-refractivity contribution in [2.75, 3.05) is 25.8 Å². The molecular weight excluding hydrogens is 298 g/mol. The minimum atomic E-state index is -0.241. The molecule has 120 valence electrons. The smallest absolute Gasteiger partial charge is 0.255 e. The van der Waals surface area contributed by atoms with Gasteiger partial charge in [-0.15, -0.1) is 0 Å². The zero-order valence-electron chi connectivity index (χ0n) is 12.9. The number of nitrogens with one attached hydrogen (secondary N) is 1. The van der Waals surface area contributed by atoms with Crippen molar-refractivity contribution in [1.82, 2.24) is 0 Å². The molecule has 0 atom stereocenters. The maximum absolute atomic E-state index is 12.3. The standard InChI is InChI=1S/C17H17NO5/c1-3-21-13-7-5-12(9-15(13)20-2)18-17(19)11-4-6-14-16(8-11)23-10-22-14/h4-9H,3,10H2,1-2H3,(H,18,19). The summed E-state index contributed by atoms with van der Waals surface area (Å²) in [4.78, 5) is 12.3. The lowest BCUT2D eigenvalue weighted by atomic mass is 10.2. The van der Waals surface area contributed by atoms with Gasteiger partial charge in [-0.05, 0) is 37.3 Å². The van der Waals surface area contributed by atoms with Crippen LogP contribution in [0.15, 0.2) is 36.4 Å². The Labute approximate surface area is 133 Å². The van der Waals surface area contributed by atoms with Gasteiger partial charge in [-0.1, -0.05) is 0 Å². The number of anilines is 1. The second-order valence-corrected chi connectivity index (χ2v) is 4.82. The van der Waals surface area contributed by atoms with Crippen molar-refractivity contribution in [3.8, 4) is 23.0 Å². The van der Waals surface area contributed by atoms with E-state index in [0.717, 1.165) is 0 Å². The number of ether oxygens (including phenoxy) is 4. The largest absolute Gasteiger partial charge is 0.493 e. The number of methoxy groups -OCH3 is 1.